The first-order chi connectivity index (χ1) is 9.11. The summed E-state index contributed by atoms with van der Waals surface area (Å²) in [4.78, 5) is 4.39. The van der Waals surface area contributed by atoms with Gasteiger partial charge in [0.1, 0.15) is 5.84 Å². The lowest BCUT2D eigenvalue weighted by atomic mass is 10.1. The second-order valence-corrected chi connectivity index (χ2v) is 4.95. The highest BCUT2D eigenvalue weighted by atomic mass is 35.5. The lowest BCUT2D eigenvalue weighted by Gasteiger charge is -2.17. The highest BCUT2D eigenvalue weighted by Crippen LogP contribution is 2.37. The molecule has 0 saturated carbocycles. The molecule has 0 unspecified atom stereocenters. The van der Waals surface area contributed by atoms with Crippen LogP contribution in [0.4, 0.5) is 0 Å². The van der Waals surface area contributed by atoms with Gasteiger partial charge in [0.25, 0.3) is 0 Å². The zero-order valence-corrected chi connectivity index (χ0v) is 12.3. The summed E-state index contributed by atoms with van der Waals surface area (Å²) in [5.41, 5.74) is 0.932. The number of amidine groups is 1. The van der Waals surface area contributed by atoms with Crippen molar-refractivity contribution in [1.82, 2.24) is 5.32 Å². The summed E-state index contributed by atoms with van der Waals surface area (Å²) >= 11 is 6.31. The van der Waals surface area contributed by atoms with Crippen LogP contribution in [0.2, 0.25) is 5.02 Å². The molecule has 0 amide bonds. The van der Waals surface area contributed by atoms with Crippen LogP contribution in [-0.2, 0) is 0 Å². The quantitative estimate of drug-likeness (QED) is 0.903. The van der Waals surface area contributed by atoms with Gasteiger partial charge < -0.3 is 14.8 Å². The van der Waals surface area contributed by atoms with Crippen molar-refractivity contribution in [3.63, 3.8) is 0 Å². The van der Waals surface area contributed by atoms with E-state index >= 15 is 0 Å². The molecule has 104 valence electrons. The van der Waals surface area contributed by atoms with E-state index in [1.807, 2.05) is 32.9 Å². The monoisotopic (exact) mass is 282 g/mol. The van der Waals surface area contributed by atoms with Crippen molar-refractivity contribution >= 4 is 17.4 Å². The summed E-state index contributed by atoms with van der Waals surface area (Å²) in [5.74, 6) is 2.12. The maximum Gasteiger partial charge on any atom is 0.180 e. The predicted octanol–water partition coefficient (Wildman–Crippen LogP) is 2.88. The molecule has 2 rings (SSSR count). The van der Waals surface area contributed by atoms with Crippen LogP contribution < -0.4 is 14.8 Å². The van der Waals surface area contributed by atoms with E-state index in [-0.39, 0.29) is 6.10 Å². The minimum Gasteiger partial charge on any atom is -0.490 e. The largest absolute Gasteiger partial charge is 0.490 e. The molecule has 1 aromatic rings. The maximum absolute atomic E-state index is 6.31. The topological polar surface area (TPSA) is 42.8 Å². The summed E-state index contributed by atoms with van der Waals surface area (Å²) in [5, 5.41) is 3.77. The van der Waals surface area contributed by atoms with Crippen molar-refractivity contribution < 1.29 is 9.47 Å². The highest BCUT2D eigenvalue weighted by molar-refractivity contribution is 6.32. The number of aliphatic imine (C=N–C) groups is 1. The van der Waals surface area contributed by atoms with E-state index < -0.39 is 0 Å². The van der Waals surface area contributed by atoms with Crippen molar-refractivity contribution in [2.75, 3.05) is 19.7 Å². The minimum absolute atomic E-state index is 0.0458. The molecule has 5 heteroatoms. The molecular formula is C14H19ClN2O2. The lowest BCUT2D eigenvalue weighted by molar-refractivity contribution is 0.224. The number of hydrogen-bond acceptors (Lipinski definition) is 4. The summed E-state index contributed by atoms with van der Waals surface area (Å²) in [6.45, 7) is 8.08. The number of benzene rings is 1. The second-order valence-electron chi connectivity index (χ2n) is 4.54. The van der Waals surface area contributed by atoms with Crippen LogP contribution in [-0.4, -0.2) is 31.6 Å². The van der Waals surface area contributed by atoms with Crippen molar-refractivity contribution in [3.05, 3.63) is 22.7 Å². The Balaban J connectivity index is 2.39. The summed E-state index contributed by atoms with van der Waals surface area (Å²) in [6, 6.07) is 3.78. The fourth-order valence-electron chi connectivity index (χ4n) is 1.91. The number of nitrogens with zero attached hydrogens (tertiary/aromatic N) is 1. The van der Waals surface area contributed by atoms with Crippen LogP contribution in [0.25, 0.3) is 0 Å². The second kappa shape index (κ2) is 6.15. The number of rotatable bonds is 5. The molecule has 0 aliphatic carbocycles. The van der Waals surface area contributed by atoms with Gasteiger partial charge in [0, 0.05) is 12.1 Å². The first-order valence-electron chi connectivity index (χ1n) is 6.53. The van der Waals surface area contributed by atoms with Gasteiger partial charge in [0.15, 0.2) is 11.5 Å². The van der Waals surface area contributed by atoms with Crippen LogP contribution >= 0.6 is 11.6 Å². The van der Waals surface area contributed by atoms with Crippen molar-refractivity contribution in [2.45, 2.75) is 26.9 Å². The summed E-state index contributed by atoms with van der Waals surface area (Å²) in [7, 11) is 0. The zero-order chi connectivity index (χ0) is 13.8. The average Bonchev–Trinajstić information content (AvgIpc) is 2.86. The van der Waals surface area contributed by atoms with Crippen LogP contribution in [0.5, 0.6) is 11.5 Å². The number of halogens is 1. The zero-order valence-electron chi connectivity index (χ0n) is 11.5. The van der Waals surface area contributed by atoms with E-state index in [4.69, 9.17) is 21.1 Å². The molecule has 0 saturated heterocycles. The Hall–Kier alpha value is -1.42. The first kappa shape index (κ1) is 14.0. The normalized spacial score (nSPS) is 14.3. The fraction of sp³-hybridized carbons (Fsp3) is 0.500. The Morgan fingerprint density at radius 2 is 2.21 bits per heavy atom. The third kappa shape index (κ3) is 3.32. The van der Waals surface area contributed by atoms with Gasteiger partial charge in [-0.1, -0.05) is 11.6 Å². The van der Waals surface area contributed by atoms with Crippen LogP contribution in [0.1, 0.15) is 26.3 Å². The number of hydrogen-bond donors (Lipinski definition) is 1. The molecule has 0 bridgehead atoms. The third-order valence-corrected chi connectivity index (χ3v) is 2.89. The molecule has 1 aromatic carbocycles. The predicted molar refractivity (Wildman–Crippen MR) is 77.8 cm³/mol. The Morgan fingerprint density at radius 3 is 2.79 bits per heavy atom. The van der Waals surface area contributed by atoms with E-state index in [2.05, 4.69) is 10.3 Å². The Labute approximate surface area is 118 Å². The number of ether oxygens (including phenoxy) is 2. The minimum atomic E-state index is 0.0458. The summed E-state index contributed by atoms with van der Waals surface area (Å²) < 4.78 is 11.4. The molecule has 19 heavy (non-hydrogen) atoms. The Kier molecular flexibility index (Phi) is 4.53. The van der Waals surface area contributed by atoms with Gasteiger partial charge in [-0.05, 0) is 32.9 Å². The van der Waals surface area contributed by atoms with Gasteiger partial charge in [-0.15, -0.1) is 0 Å². The van der Waals surface area contributed by atoms with E-state index in [0.717, 1.165) is 24.5 Å². The molecule has 4 nitrogen and oxygen atoms in total. The molecule has 1 N–H and O–H groups in total. The van der Waals surface area contributed by atoms with Crippen LogP contribution in [0, 0.1) is 0 Å². The van der Waals surface area contributed by atoms with Crippen molar-refractivity contribution in [3.8, 4) is 11.5 Å². The molecule has 0 atom stereocenters. The molecule has 0 spiro atoms. The van der Waals surface area contributed by atoms with Crippen LogP contribution in [0.3, 0.4) is 0 Å². The maximum atomic E-state index is 6.31. The number of nitrogens with one attached hydrogen (secondary N) is 1. The van der Waals surface area contributed by atoms with Gasteiger partial charge in [-0.25, -0.2) is 0 Å². The standard InChI is InChI=1S/C14H19ClN2O2/c1-4-18-12-8-10(14-16-5-6-17-14)7-11(15)13(12)19-9(2)3/h7-9H,4-6H2,1-3H3,(H,16,17). The van der Waals surface area contributed by atoms with E-state index in [1.54, 1.807) is 0 Å². The Morgan fingerprint density at radius 1 is 1.42 bits per heavy atom. The highest BCUT2D eigenvalue weighted by Gasteiger charge is 2.17. The fourth-order valence-corrected chi connectivity index (χ4v) is 2.16. The van der Waals surface area contributed by atoms with Crippen molar-refractivity contribution in [2.24, 2.45) is 4.99 Å². The van der Waals surface area contributed by atoms with Crippen LogP contribution in [0.15, 0.2) is 17.1 Å². The molecule has 1 aliphatic heterocycles. The molecule has 1 aliphatic rings. The molecule has 1 heterocycles. The van der Waals surface area contributed by atoms with Gasteiger partial charge in [0.05, 0.1) is 24.3 Å². The van der Waals surface area contributed by atoms with Gasteiger partial charge in [-0.2, -0.15) is 0 Å². The SMILES string of the molecule is CCOc1cc(C2=NCCN2)cc(Cl)c1OC(C)C. The van der Waals surface area contributed by atoms with E-state index in [0.29, 0.717) is 23.1 Å². The van der Waals surface area contributed by atoms with Crippen molar-refractivity contribution in [1.29, 1.82) is 0 Å². The first-order valence-corrected chi connectivity index (χ1v) is 6.91. The van der Waals surface area contributed by atoms with E-state index in [9.17, 15) is 0 Å². The molecule has 0 fully saturated rings. The van der Waals surface area contributed by atoms with E-state index in [1.165, 1.54) is 0 Å². The van der Waals surface area contributed by atoms with Gasteiger partial charge >= 0.3 is 0 Å². The van der Waals surface area contributed by atoms with Gasteiger partial charge in [0.2, 0.25) is 0 Å². The molecular weight excluding hydrogens is 264 g/mol. The average molecular weight is 283 g/mol. The lowest BCUT2D eigenvalue weighted by Crippen LogP contribution is -2.19. The summed E-state index contributed by atoms with van der Waals surface area (Å²) in [6.07, 6.45) is 0.0458. The molecule has 0 radical (unpaired) electrons. The molecule has 0 aromatic heterocycles. The third-order valence-electron chi connectivity index (χ3n) is 2.61. The van der Waals surface area contributed by atoms with Gasteiger partial charge in [-0.3, -0.25) is 4.99 Å². The Bertz CT molecular complexity index is 487. The smallest absolute Gasteiger partial charge is 0.180 e.